The van der Waals surface area contributed by atoms with Crippen LogP contribution in [0.5, 0.6) is 11.5 Å². The van der Waals surface area contributed by atoms with Gasteiger partial charge in [0.1, 0.15) is 11.5 Å². The Hall–Kier alpha value is -1.22. The molecular formula is C17H30IN3O3. The van der Waals surface area contributed by atoms with Gasteiger partial charge in [0.25, 0.3) is 0 Å². The number of nitrogens with zero attached hydrogens (tertiary/aromatic N) is 1. The maximum absolute atomic E-state index is 5.68. The quantitative estimate of drug-likeness (QED) is 0.262. The summed E-state index contributed by atoms with van der Waals surface area (Å²) in [5.74, 6) is 2.43. The molecule has 0 aliphatic heterocycles. The van der Waals surface area contributed by atoms with Gasteiger partial charge >= 0.3 is 0 Å². The summed E-state index contributed by atoms with van der Waals surface area (Å²) in [7, 11) is 5.10. The van der Waals surface area contributed by atoms with Gasteiger partial charge in [-0.25, -0.2) is 0 Å². The van der Waals surface area contributed by atoms with Gasteiger partial charge in [0.2, 0.25) is 0 Å². The van der Waals surface area contributed by atoms with Crippen molar-refractivity contribution in [2.45, 2.75) is 25.9 Å². The number of hydrogen-bond acceptors (Lipinski definition) is 4. The number of hydrogen-bond donors (Lipinski definition) is 2. The van der Waals surface area contributed by atoms with E-state index in [1.165, 1.54) is 0 Å². The van der Waals surface area contributed by atoms with Crippen molar-refractivity contribution in [2.75, 3.05) is 41.0 Å². The van der Waals surface area contributed by atoms with Crippen LogP contribution in [0.1, 0.15) is 20.3 Å². The van der Waals surface area contributed by atoms with Gasteiger partial charge in [-0.15, -0.1) is 24.0 Å². The molecule has 0 heterocycles. The Kier molecular flexibility index (Phi) is 11.6. The van der Waals surface area contributed by atoms with Crippen molar-refractivity contribution in [1.29, 1.82) is 0 Å². The van der Waals surface area contributed by atoms with Crippen LogP contribution in [-0.2, 0) is 4.74 Å². The van der Waals surface area contributed by atoms with E-state index in [0.717, 1.165) is 30.4 Å². The van der Waals surface area contributed by atoms with Gasteiger partial charge < -0.3 is 24.8 Å². The Morgan fingerprint density at radius 2 is 1.71 bits per heavy atom. The molecule has 0 atom stereocenters. The van der Waals surface area contributed by atoms with E-state index in [1.54, 1.807) is 21.3 Å². The summed E-state index contributed by atoms with van der Waals surface area (Å²) in [5.41, 5.74) is -0.227. The number of methoxy groups -OCH3 is 2. The van der Waals surface area contributed by atoms with E-state index in [2.05, 4.69) is 15.6 Å². The van der Waals surface area contributed by atoms with Gasteiger partial charge in [-0.05, 0) is 44.5 Å². The van der Waals surface area contributed by atoms with Crippen molar-refractivity contribution in [3.05, 3.63) is 24.3 Å². The van der Waals surface area contributed by atoms with E-state index in [-0.39, 0.29) is 29.6 Å². The molecule has 6 nitrogen and oxygen atoms in total. The summed E-state index contributed by atoms with van der Waals surface area (Å²) in [5, 5.41) is 6.49. The first-order valence-corrected chi connectivity index (χ1v) is 7.77. The normalized spacial score (nSPS) is 11.5. The first-order chi connectivity index (χ1) is 11.0. The first kappa shape index (κ1) is 22.8. The molecule has 1 aromatic carbocycles. The van der Waals surface area contributed by atoms with Gasteiger partial charge in [0.05, 0.1) is 19.3 Å². The van der Waals surface area contributed by atoms with Crippen molar-refractivity contribution >= 4 is 29.9 Å². The van der Waals surface area contributed by atoms with E-state index >= 15 is 0 Å². The molecule has 0 fully saturated rings. The summed E-state index contributed by atoms with van der Waals surface area (Å²) in [6, 6.07) is 7.58. The number of nitrogens with one attached hydrogen (secondary N) is 2. The van der Waals surface area contributed by atoms with Gasteiger partial charge in [-0.2, -0.15) is 0 Å². The lowest BCUT2D eigenvalue weighted by Gasteiger charge is -2.24. The highest BCUT2D eigenvalue weighted by Crippen LogP contribution is 2.16. The van der Waals surface area contributed by atoms with E-state index < -0.39 is 0 Å². The number of ether oxygens (including phenoxy) is 3. The van der Waals surface area contributed by atoms with E-state index in [0.29, 0.717) is 13.2 Å². The van der Waals surface area contributed by atoms with Crippen LogP contribution in [0.25, 0.3) is 0 Å². The molecule has 1 rings (SSSR count). The fraction of sp³-hybridized carbons (Fsp3) is 0.588. The van der Waals surface area contributed by atoms with Gasteiger partial charge in [-0.1, -0.05) is 0 Å². The minimum atomic E-state index is -0.227. The molecule has 0 aromatic heterocycles. The summed E-state index contributed by atoms with van der Waals surface area (Å²) >= 11 is 0. The lowest BCUT2D eigenvalue weighted by Crippen LogP contribution is -2.45. The molecule has 0 spiro atoms. The van der Waals surface area contributed by atoms with Crippen LogP contribution in [0.15, 0.2) is 29.3 Å². The summed E-state index contributed by atoms with van der Waals surface area (Å²) < 4.78 is 16.2. The third-order valence-electron chi connectivity index (χ3n) is 3.40. The second-order valence-electron chi connectivity index (χ2n) is 5.69. The molecule has 0 amide bonds. The SMILES string of the molecule is CN=C(NCCCOc1ccc(OC)cc1)NCC(C)(C)OC.I. The van der Waals surface area contributed by atoms with Gasteiger partial charge in [-0.3, -0.25) is 4.99 Å². The lowest BCUT2D eigenvalue weighted by molar-refractivity contribution is 0.0268. The van der Waals surface area contributed by atoms with Crippen LogP contribution < -0.4 is 20.1 Å². The van der Waals surface area contributed by atoms with Crippen LogP contribution in [-0.4, -0.2) is 52.5 Å². The van der Waals surface area contributed by atoms with Gasteiger partial charge in [0, 0.05) is 27.2 Å². The molecule has 7 heteroatoms. The van der Waals surface area contributed by atoms with Crippen molar-refractivity contribution in [1.82, 2.24) is 10.6 Å². The fourth-order valence-corrected chi connectivity index (χ4v) is 1.73. The molecule has 0 aliphatic carbocycles. The topological polar surface area (TPSA) is 64.1 Å². The highest BCUT2D eigenvalue weighted by Gasteiger charge is 2.16. The molecular weight excluding hydrogens is 421 g/mol. The summed E-state index contributed by atoms with van der Waals surface area (Å²) in [4.78, 5) is 4.18. The zero-order valence-corrected chi connectivity index (χ0v) is 17.5. The van der Waals surface area contributed by atoms with E-state index in [1.807, 2.05) is 38.1 Å². The number of benzene rings is 1. The molecule has 138 valence electrons. The standard InChI is InChI=1S/C17H29N3O3.HI/c1-17(2,22-5)13-20-16(18-3)19-11-6-12-23-15-9-7-14(21-4)8-10-15;/h7-10H,6,11-13H2,1-5H3,(H2,18,19,20);1H. The third kappa shape index (κ3) is 9.17. The zero-order valence-electron chi connectivity index (χ0n) is 15.2. The van der Waals surface area contributed by atoms with E-state index in [4.69, 9.17) is 14.2 Å². The fourth-order valence-electron chi connectivity index (χ4n) is 1.73. The number of rotatable bonds is 9. The third-order valence-corrected chi connectivity index (χ3v) is 3.40. The largest absolute Gasteiger partial charge is 0.497 e. The number of guanidine groups is 1. The van der Waals surface area contributed by atoms with Gasteiger partial charge in [0.15, 0.2) is 5.96 Å². The minimum Gasteiger partial charge on any atom is -0.497 e. The van der Waals surface area contributed by atoms with Crippen molar-refractivity contribution in [2.24, 2.45) is 4.99 Å². The molecule has 24 heavy (non-hydrogen) atoms. The average Bonchev–Trinajstić information content (AvgIpc) is 2.57. The smallest absolute Gasteiger partial charge is 0.191 e. The predicted molar refractivity (Wildman–Crippen MR) is 109 cm³/mol. The Morgan fingerprint density at radius 1 is 1.08 bits per heavy atom. The second-order valence-corrected chi connectivity index (χ2v) is 5.69. The van der Waals surface area contributed by atoms with Crippen LogP contribution in [0, 0.1) is 0 Å². The summed E-state index contributed by atoms with van der Waals surface area (Å²) in [6.45, 7) is 6.15. The van der Waals surface area contributed by atoms with Crippen molar-refractivity contribution in [3.8, 4) is 11.5 Å². The molecule has 0 saturated carbocycles. The highest BCUT2D eigenvalue weighted by atomic mass is 127. The Bertz CT molecular complexity index is 478. The highest BCUT2D eigenvalue weighted by molar-refractivity contribution is 14.0. The van der Waals surface area contributed by atoms with Crippen LogP contribution in [0.4, 0.5) is 0 Å². The average molecular weight is 451 g/mol. The van der Waals surface area contributed by atoms with Crippen LogP contribution in [0.2, 0.25) is 0 Å². The van der Waals surface area contributed by atoms with Crippen LogP contribution >= 0.6 is 24.0 Å². The molecule has 0 aliphatic rings. The maximum Gasteiger partial charge on any atom is 0.191 e. The molecule has 0 unspecified atom stereocenters. The molecule has 1 aromatic rings. The zero-order chi connectivity index (χ0) is 17.1. The number of aliphatic imine (C=N–C) groups is 1. The Morgan fingerprint density at radius 3 is 2.25 bits per heavy atom. The molecule has 0 radical (unpaired) electrons. The Balaban J connectivity index is 0.00000529. The number of halogens is 1. The monoisotopic (exact) mass is 451 g/mol. The lowest BCUT2D eigenvalue weighted by atomic mass is 10.1. The van der Waals surface area contributed by atoms with E-state index in [9.17, 15) is 0 Å². The first-order valence-electron chi connectivity index (χ1n) is 7.77. The Labute approximate surface area is 162 Å². The summed E-state index contributed by atoms with van der Waals surface area (Å²) in [6.07, 6.45) is 0.875. The minimum absolute atomic E-state index is 0. The maximum atomic E-state index is 5.68. The molecule has 0 saturated heterocycles. The predicted octanol–water partition coefficient (Wildman–Crippen LogP) is 2.67. The van der Waals surface area contributed by atoms with Crippen molar-refractivity contribution < 1.29 is 14.2 Å². The molecule has 2 N–H and O–H groups in total. The van der Waals surface area contributed by atoms with Crippen LogP contribution in [0.3, 0.4) is 0 Å². The second kappa shape index (κ2) is 12.2. The molecule has 0 bridgehead atoms. The van der Waals surface area contributed by atoms with Crippen molar-refractivity contribution in [3.63, 3.8) is 0 Å².